The average Bonchev–Trinajstić information content (AvgIpc) is 3.40. The van der Waals surface area contributed by atoms with Gasteiger partial charge in [0.25, 0.3) is 0 Å². The molecular weight excluding hydrogens is 362 g/mol. The SMILES string of the molecule is N#C[C@@]1(c2ccc3c(N)ncnn23)O[C@@H](COC(=O)CC2CCCC2)[CH][C@H]1O. The summed E-state index contributed by atoms with van der Waals surface area (Å²) >= 11 is 0. The van der Waals surface area contributed by atoms with E-state index in [1.807, 2.05) is 0 Å². The van der Waals surface area contributed by atoms with Crippen LogP contribution in [0.1, 0.15) is 37.8 Å². The fourth-order valence-corrected chi connectivity index (χ4v) is 4.06. The molecule has 1 aliphatic carbocycles. The van der Waals surface area contributed by atoms with Crippen LogP contribution in [0.25, 0.3) is 5.52 Å². The third kappa shape index (κ3) is 3.19. The van der Waals surface area contributed by atoms with Gasteiger partial charge in [-0.15, -0.1) is 0 Å². The molecule has 4 rings (SSSR count). The van der Waals surface area contributed by atoms with E-state index in [0.29, 0.717) is 23.5 Å². The minimum absolute atomic E-state index is 0.0491. The van der Waals surface area contributed by atoms with Crippen molar-refractivity contribution in [2.45, 2.75) is 49.9 Å². The molecule has 2 aromatic rings. The number of rotatable bonds is 5. The molecule has 1 saturated heterocycles. The van der Waals surface area contributed by atoms with Crippen LogP contribution >= 0.6 is 0 Å². The molecule has 3 N–H and O–H groups in total. The highest BCUT2D eigenvalue weighted by Gasteiger charge is 2.52. The molecule has 2 aromatic heterocycles. The Morgan fingerprint density at radius 2 is 2.25 bits per heavy atom. The lowest BCUT2D eigenvalue weighted by Crippen LogP contribution is -2.37. The number of hydrogen-bond acceptors (Lipinski definition) is 8. The number of hydrogen-bond donors (Lipinski definition) is 2. The molecule has 1 aliphatic heterocycles. The first-order valence-electron chi connectivity index (χ1n) is 9.40. The first-order chi connectivity index (χ1) is 13.5. The Kier molecular flexibility index (Phi) is 4.91. The number of aliphatic hydroxyl groups is 1. The minimum atomic E-state index is -1.67. The van der Waals surface area contributed by atoms with Gasteiger partial charge in [0.1, 0.15) is 36.7 Å². The lowest BCUT2D eigenvalue weighted by molar-refractivity contribution is -0.149. The van der Waals surface area contributed by atoms with Crippen molar-refractivity contribution in [3.05, 3.63) is 30.6 Å². The maximum Gasteiger partial charge on any atom is 0.306 e. The minimum Gasteiger partial charge on any atom is -0.463 e. The predicted molar refractivity (Wildman–Crippen MR) is 97.4 cm³/mol. The average molecular weight is 384 g/mol. The number of ether oxygens (including phenoxy) is 2. The molecule has 2 fully saturated rings. The van der Waals surface area contributed by atoms with Gasteiger partial charge in [0.15, 0.2) is 5.82 Å². The van der Waals surface area contributed by atoms with E-state index in [9.17, 15) is 15.2 Å². The van der Waals surface area contributed by atoms with E-state index in [-0.39, 0.29) is 18.4 Å². The van der Waals surface area contributed by atoms with Gasteiger partial charge in [-0.1, -0.05) is 12.8 Å². The van der Waals surface area contributed by atoms with Crippen LogP contribution in [-0.2, 0) is 19.9 Å². The van der Waals surface area contributed by atoms with E-state index < -0.39 is 17.8 Å². The first kappa shape index (κ1) is 18.7. The highest BCUT2D eigenvalue weighted by atomic mass is 16.6. The fraction of sp³-hybridized carbons (Fsp3) is 0.526. The van der Waals surface area contributed by atoms with Crippen molar-refractivity contribution in [2.24, 2.45) is 5.92 Å². The molecule has 9 heteroatoms. The number of carbonyl (C=O) groups is 1. The molecule has 0 unspecified atom stereocenters. The van der Waals surface area contributed by atoms with Gasteiger partial charge in [-0.25, -0.2) is 9.50 Å². The van der Waals surface area contributed by atoms with E-state index in [4.69, 9.17) is 15.2 Å². The van der Waals surface area contributed by atoms with Gasteiger partial charge in [-0.05, 0) is 30.9 Å². The second-order valence-corrected chi connectivity index (χ2v) is 7.34. The first-order valence-corrected chi connectivity index (χ1v) is 9.40. The molecule has 147 valence electrons. The molecule has 0 spiro atoms. The highest BCUT2D eigenvalue weighted by molar-refractivity contribution is 5.69. The third-order valence-electron chi connectivity index (χ3n) is 5.52. The number of carbonyl (C=O) groups excluding carboxylic acids is 1. The predicted octanol–water partition coefficient (Wildman–Crippen LogP) is 1.12. The second kappa shape index (κ2) is 7.37. The standard InChI is InChI=1S/C19H22N5O4/c20-10-19(15-6-5-14-18(21)22-11-23-24(14)15)16(25)8-13(28-19)9-27-17(26)7-12-3-1-2-4-12/h5-6,8,11-13,16,25H,1-4,7,9H2,(H2,21,22,23)/t13-,16-,19+/m1/s1. The zero-order valence-electron chi connectivity index (χ0n) is 15.3. The van der Waals surface area contributed by atoms with Crippen molar-refractivity contribution in [1.82, 2.24) is 14.6 Å². The molecule has 1 saturated carbocycles. The van der Waals surface area contributed by atoms with Gasteiger partial charge in [0.2, 0.25) is 5.60 Å². The molecule has 2 aliphatic rings. The summed E-state index contributed by atoms with van der Waals surface area (Å²) in [4.78, 5) is 16.0. The van der Waals surface area contributed by atoms with Gasteiger partial charge < -0.3 is 20.3 Å². The van der Waals surface area contributed by atoms with Crippen molar-refractivity contribution in [3.8, 4) is 6.07 Å². The molecule has 0 amide bonds. The number of esters is 1. The van der Waals surface area contributed by atoms with Crippen LogP contribution in [0.4, 0.5) is 5.82 Å². The van der Waals surface area contributed by atoms with Crippen LogP contribution in [0.3, 0.4) is 0 Å². The Morgan fingerprint density at radius 3 is 3.00 bits per heavy atom. The molecule has 3 heterocycles. The van der Waals surface area contributed by atoms with Crippen molar-refractivity contribution in [1.29, 1.82) is 5.26 Å². The maximum absolute atomic E-state index is 12.1. The Hall–Kier alpha value is -2.70. The number of nitrogens with zero attached hydrogens (tertiary/aromatic N) is 4. The van der Waals surface area contributed by atoms with E-state index in [1.165, 1.54) is 17.3 Å². The van der Waals surface area contributed by atoms with E-state index in [0.717, 1.165) is 25.7 Å². The normalized spacial score (nSPS) is 27.9. The Morgan fingerprint density at radius 1 is 1.46 bits per heavy atom. The number of aliphatic hydroxyl groups excluding tert-OH is 1. The summed E-state index contributed by atoms with van der Waals surface area (Å²) in [5.74, 6) is 0.367. The zero-order chi connectivity index (χ0) is 19.7. The van der Waals surface area contributed by atoms with Crippen molar-refractivity contribution < 1.29 is 19.4 Å². The van der Waals surface area contributed by atoms with Crippen LogP contribution in [0.15, 0.2) is 18.5 Å². The van der Waals surface area contributed by atoms with Crippen LogP contribution < -0.4 is 5.73 Å². The van der Waals surface area contributed by atoms with E-state index >= 15 is 0 Å². The summed E-state index contributed by atoms with van der Waals surface area (Å²) in [6.45, 7) is -0.0491. The van der Waals surface area contributed by atoms with Gasteiger partial charge in [0.05, 0.1) is 5.69 Å². The largest absolute Gasteiger partial charge is 0.463 e. The van der Waals surface area contributed by atoms with E-state index in [1.54, 1.807) is 12.1 Å². The summed E-state index contributed by atoms with van der Waals surface area (Å²) in [7, 11) is 0. The summed E-state index contributed by atoms with van der Waals surface area (Å²) in [5, 5.41) is 24.5. The lowest BCUT2D eigenvalue weighted by atomic mass is 9.94. The van der Waals surface area contributed by atoms with Crippen molar-refractivity contribution in [3.63, 3.8) is 0 Å². The Labute approximate surface area is 162 Å². The lowest BCUT2D eigenvalue weighted by Gasteiger charge is -2.24. The van der Waals surface area contributed by atoms with Crippen LogP contribution in [-0.4, -0.2) is 44.5 Å². The molecule has 0 bridgehead atoms. The summed E-state index contributed by atoms with van der Waals surface area (Å²) in [6, 6.07) is 5.33. The monoisotopic (exact) mass is 384 g/mol. The maximum atomic E-state index is 12.1. The summed E-state index contributed by atoms with van der Waals surface area (Å²) in [6.07, 6.45) is 5.66. The molecule has 28 heavy (non-hydrogen) atoms. The van der Waals surface area contributed by atoms with Gasteiger partial charge in [-0.2, -0.15) is 10.4 Å². The highest BCUT2D eigenvalue weighted by Crippen LogP contribution is 2.39. The molecule has 9 nitrogen and oxygen atoms in total. The van der Waals surface area contributed by atoms with Crippen molar-refractivity contribution >= 4 is 17.3 Å². The van der Waals surface area contributed by atoms with Gasteiger partial charge in [0, 0.05) is 12.8 Å². The number of aromatic nitrogens is 3. The number of nitrogens with two attached hydrogens (primary N) is 1. The van der Waals surface area contributed by atoms with Crippen LogP contribution in [0.5, 0.6) is 0 Å². The number of anilines is 1. The van der Waals surface area contributed by atoms with Crippen molar-refractivity contribution in [2.75, 3.05) is 12.3 Å². The molecule has 0 aromatic carbocycles. The smallest absolute Gasteiger partial charge is 0.306 e. The topological polar surface area (TPSA) is 136 Å². The van der Waals surface area contributed by atoms with Crippen LogP contribution in [0.2, 0.25) is 0 Å². The zero-order valence-corrected chi connectivity index (χ0v) is 15.3. The molecule has 3 atom stereocenters. The quantitative estimate of drug-likeness (QED) is 0.732. The fourth-order valence-electron chi connectivity index (χ4n) is 4.06. The van der Waals surface area contributed by atoms with E-state index in [2.05, 4.69) is 16.2 Å². The van der Waals surface area contributed by atoms with Gasteiger partial charge in [-0.3, -0.25) is 4.79 Å². The molecule has 1 radical (unpaired) electrons. The van der Waals surface area contributed by atoms with Crippen LogP contribution in [0, 0.1) is 23.7 Å². The third-order valence-corrected chi connectivity index (χ3v) is 5.52. The number of nitriles is 1. The number of nitrogen functional groups attached to an aromatic ring is 1. The Balaban J connectivity index is 1.47. The number of fused-ring (bicyclic) bond motifs is 1. The van der Waals surface area contributed by atoms with Gasteiger partial charge >= 0.3 is 5.97 Å². The molecular formula is C19H22N5O4. The Bertz CT molecular complexity index is 917. The summed E-state index contributed by atoms with van der Waals surface area (Å²) in [5.41, 5.74) is 5.01. The summed E-state index contributed by atoms with van der Waals surface area (Å²) < 4.78 is 12.6. The second-order valence-electron chi connectivity index (χ2n) is 7.34.